The van der Waals surface area contributed by atoms with Gasteiger partial charge in [-0.05, 0) is 31.2 Å². The van der Waals surface area contributed by atoms with E-state index < -0.39 is 0 Å². The van der Waals surface area contributed by atoms with Gasteiger partial charge in [-0.3, -0.25) is 4.79 Å². The highest BCUT2D eigenvalue weighted by atomic mass is 79.9. The molecule has 1 N–H and O–H groups in total. The molecule has 0 saturated carbocycles. The third kappa shape index (κ3) is 5.28. The van der Waals surface area contributed by atoms with E-state index in [2.05, 4.69) is 54.2 Å². The lowest BCUT2D eigenvalue weighted by molar-refractivity contribution is -0.124. The molecule has 3 atom stereocenters. The number of amides is 1. The summed E-state index contributed by atoms with van der Waals surface area (Å²) in [4.78, 5) is 12.6. The Morgan fingerprint density at radius 1 is 1.25 bits per heavy atom. The Balaban J connectivity index is 2.76. The first-order valence-electron chi connectivity index (χ1n) is 7.51. The van der Waals surface area contributed by atoms with Crippen molar-refractivity contribution in [3.63, 3.8) is 0 Å². The van der Waals surface area contributed by atoms with Crippen LogP contribution >= 0.6 is 15.9 Å². The van der Waals surface area contributed by atoms with Crippen LogP contribution in [0, 0.1) is 5.92 Å². The lowest BCUT2D eigenvalue weighted by atomic mass is 9.84. The molecule has 112 valence electrons. The van der Waals surface area contributed by atoms with Crippen molar-refractivity contribution in [1.82, 2.24) is 5.32 Å². The standard InChI is InChI=1S/C17H26BrNO/c1-4-13(2)16(15-10-6-5-7-11-15)17(20)19-14(3)9-8-12-18/h5-7,10-11,13-14,16H,4,8-9,12H2,1-3H3,(H,19,20). The second-order valence-corrected chi connectivity index (χ2v) is 6.31. The summed E-state index contributed by atoms with van der Waals surface area (Å²) >= 11 is 3.43. The Hall–Kier alpha value is -0.830. The summed E-state index contributed by atoms with van der Waals surface area (Å²) in [6.07, 6.45) is 3.10. The Labute approximate surface area is 131 Å². The monoisotopic (exact) mass is 339 g/mol. The molecule has 0 aliphatic carbocycles. The number of alkyl halides is 1. The molecule has 2 nitrogen and oxygen atoms in total. The van der Waals surface area contributed by atoms with Crippen LogP contribution in [0.1, 0.15) is 51.5 Å². The number of halogens is 1. The lowest BCUT2D eigenvalue weighted by Gasteiger charge is -2.25. The lowest BCUT2D eigenvalue weighted by Crippen LogP contribution is -2.38. The van der Waals surface area contributed by atoms with Gasteiger partial charge in [0.2, 0.25) is 5.91 Å². The van der Waals surface area contributed by atoms with Gasteiger partial charge in [0.15, 0.2) is 0 Å². The summed E-state index contributed by atoms with van der Waals surface area (Å²) in [5, 5.41) is 4.16. The molecular formula is C17H26BrNO. The van der Waals surface area contributed by atoms with E-state index in [0.29, 0.717) is 5.92 Å². The van der Waals surface area contributed by atoms with Gasteiger partial charge >= 0.3 is 0 Å². The molecule has 20 heavy (non-hydrogen) atoms. The number of benzene rings is 1. The molecule has 0 aliphatic rings. The molecule has 0 spiro atoms. The Bertz CT molecular complexity index is 393. The molecule has 1 rings (SSSR count). The predicted molar refractivity (Wildman–Crippen MR) is 89.3 cm³/mol. The topological polar surface area (TPSA) is 29.1 Å². The first kappa shape index (κ1) is 17.2. The van der Waals surface area contributed by atoms with Gasteiger partial charge in [-0.25, -0.2) is 0 Å². The van der Waals surface area contributed by atoms with Crippen LogP contribution in [0.5, 0.6) is 0 Å². The summed E-state index contributed by atoms with van der Waals surface area (Å²) in [7, 11) is 0. The quantitative estimate of drug-likeness (QED) is 0.694. The number of carbonyl (C=O) groups is 1. The van der Waals surface area contributed by atoms with Crippen LogP contribution in [0.2, 0.25) is 0 Å². The zero-order valence-electron chi connectivity index (χ0n) is 12.7. The first-order chi connectivity index (χ1) is 9.60. The summed E-state index contributed by atoms with van der Waals surface area (Å²) in [5.41, 5.74) is 1.12. The second kappa shape index (κ2) is 9.17. The number of rotatable bonds is 8. The molecule has 1 amide bonds. The smallest absolute Gasteiger partial charge is 0.228 e. The minimum atomic E-state index is -0.0485. The minimum Gasteiger partial charge on any atom is -0.353 e. The van der Waals surface area contributed by atoms with Gasteiger partial charge in [-0.2, -0.15) is 0 Å². The highest BCUT2D eigenvalue weighted by Crippen LogP contribution is 2.27. The molecule has 1 aromatic rings. The molecule has 0 bridgehead atoms. The fraction of sp³-hybridized carbons (Fsp3) is 0.588. The second-order valence-electron chi connectivity index (χ2n) is 5.51. The molecule has 0 aromatic heterocycles. The predicted octanol–water partition coefficient (Wildman–Crippen LogP) is 4.50. The average Bonchev–Trinajstić information content (AvgIpc) is 2.46. The average molecular weight is 340 g/mol. The molecule has 0 saturated heterocycles. The Morgan fingerprint density at radius 3 is 2.45 bits per heavy atom. The molecule has 0 fully saturated rings. The van der Waals surface area contributed by atoms with Gasteiger partial charge in [-0.1, -0.05) is 66.5 Å². The van der Waals surface area contributed by atoms with Crippen molar-refractivity contribution < 1.29 is 4.79 Å². The van der Waals surface area contributed by atoms with Crippen LogP contribution in [-0.4, -0.2) is 17.3 Å². The zero-order chi connectivity index (χ0) is 15.0. The van der Waals surface area contributed by atoms with Crippen molar-refractivity contribution in [2.45, 2.75) is 52.0 Å². The fourth-order valence-electron chi connectivity index (χ4n) is 2.42. The van der Waals surface area contributed by atoms with Gasteiger partial charge in [0.1, 0.15) is 0 Å². The van der Waals surface area contributed by atoms with E-state index in [9.17, 15) is 4.79 Å². The maximum absolute atomic E-state index is 12.6. The highest BCUT2D eigenvalue weighted by Gasteiger charge is 2.26. The SMILES string of the molecule is CCC(C)C(C(=O)NC(C)CCCBr)c1ccccc1. The summed E-state index contributed by atoms with van der Waals surface area (Å²) in [6.45, 7) is 6.38. The number of nitrogens with one attached hydrogen (secondary N) is 1. The zero-order valence-corrected chi connectivity index (χ0v) is 14.3. The van der Waals surface area contributed by atoms with Gasteiger partial charge in [-0.15, -0.1) is 0 Å². The molecule has 3 heteroatoms. The van der Waals surface area contributed by atoms with Crippen molar-refractivity contribution in [1.29, 1.82) is 0 Å². The molecular weight excluding hydrogens is 314 g/mol. The van der Waals surface area contributed by atoms with Gasteiger partial charge < -0.3 is 5.32 Å². The number of hydrogen-bond acceptors (Lipinski definition) is 1. The van der Waals surface area contributed by atoms with E-state index in [1.54, 1.807) is 0 Å². The van der Waals surface area contributed by atoms with Crippen molar-refractivity contribution >= 4 is 21.8 Å². The van der Waals surface area contributed by atoms with Crippen molar-refractivity contribution in [2.75, 3.05) is 5.33 Å². The van der Waals surface area contributed by atoms with Gasteiger partial charge in [0, 0.05) is 11.4 Å². The molecule has 0 radical (unpaired) electrons. The van der Waals surface area contributed by atoms with Crippen molar-refractivity contribution in [3.8, 4) is 0 Å². The van der Waals surface area contributed by atoms with Crippen LogP contribution in [0.15, 0.2) is 30.3 Å². The highest BCUT2D eigenvalue weighted by molar-refractivity contribution is 9.09. The third-order valence-corrected chi connectivity index (χ3v) is 4.37. The Kier molecular flexibility index (Phi) is 7.90. The van der Waals surface area contributed by atoms with Crippen LogP contribution < -0.4 is 5.32 Å². The van der Waals surface area contributed by atoms with E-state index in [4.69, 9.17) is 0 Å². The van der Waals surface area contributed by atoms with Crippen LogP contribution in [0.3, 0.4) is 0 Å². The van der Waals surface area contributed by atoms with E-state index in [1.807, 2.05) is 18.2 Å². The van der Waals surface area contributed by atoms with Crippen LogP contribution in [0.4, 0.5) is 0 Å². The normalized spacial score (nSPS) is 15.4. The Morgan fingerprint density at radius 2 is 1.90 bits per heavy atom. The van der Waals surface area contributed by atoms with Crippen molar-refractivity contribution in [2.24, 2.45) is 5.92 Å². The minimum absolute atomic E-state index is 0.0485. The van der Waals surface area contributed by atoms with Crippen molar-refractivity contribution in [3.05, 3.63) is 35.9 Å². The largest absolute Gasteiger partial charge is 0.353 e. The summed E-state index contributed by atoms with van der Waals surface area (Å²) in [6, 6.07) is 10.3. The van der Waals surface area contributed by atoms with Crippen LogP contribution in [-0.2, 0) is 4.79 Å². The van der Waals surface area contributed by atoms with E-state index in [0.717, 1.165) is 30.2 Å². The van der Waals surface area contributed by atoms with E-state index in [1.165, 1.54) is 0 Å². The van der Waals surface area contributed by atoms with Gasteiger partial charge in [0.05, 0.1) is 5.92 Å². The summed E-state index contributed by atoms with van der Waals surface area (Å²) < 4.78 is 0. The third-order valence-electron chi connectivity index (χ3n) is 3.81. The fourth-order valence-corrected chi connectivity index (χ4v) is 2.75. The number of carbonyl (C=O) groups excluding carboxylic acids is 1. The van der Waals surface area contributed by atoms with Crippen LogP contribution in [0.25, 0.3) is 0 Å². The maximum Gasteiger partial charge on any atom is 0.228 e. The molecule has 3 unspecified atom stereocenters. The van der Waals surface area contributed by atoms with E-state index >= 15 is 0 Å². The first-order valence-corrected chi connectivity index (χ1v) is 8.63. The number of hydrogen-bond donors (Lipinski definition) is 1. The maximum atomic E-state index is 12.6. The molecule has 0 aliphatic heterocycles. The van der Waals surface area contributed by atoms with E-state index in [-0.39, 0.29) is 17.9 Å². The molecule has 1 aromatic carbocycles. The summed E-state index contributed by atoms with van der Waals surface area (Å²) in [5.74, 6) is 0.459. The van der Waals surface area contributed by atoms with Gasteiger partial charge in [0.25, 0.3) is 0 Å². The molecule has 0 heterocycles.